The van der Waals surface area contributed by atoms with Crippen molar-refractivity contribution in [3.8, 4) is 0 Å². The van der Waals surface area contributed by atoms with Crippen molar-refractivity contribution in [2.24, 2.45) is 5.41 Å². The van der Waals surface area contributed by atoms with Crippen molar-refractivity contribution in [2.75, 3.05) is 13.7 Å². The maximum atomic E-state index is 11.5. The molecule has 0 radical (unpaired) electrons. The molecule has 14 heavy (non-hydrogen) atoms. The van der Waals surface area contributed by atoms with Crippen LogP contribution in [0.3, 0.4) is 0 Å². The van der Waals surface area contributed by atoms with E-state index in [2.05, 4.69) is 4.74 Å². The van der Waals surface area contributed by atoms with E-state index in [1.807, 2.05) is 0 Å². The minimum atomic E-state index is -1.13. The van der Waals surface area contributed by atoms with Crippen molar-refractivity contribution in [1.82, 2.24) is 0 Å². The maximum Gasteiger partial charge on any atom is 0.336 e. The van der Waals surface area contributed by atoms with Crippen LogP contribution >= 0.6 is 0 Å². The number of carboxylic acid groups (broad SMARTS) is 1. The van der Waals surface area contributed by atoms with Gasteiger partial charge in [-0.15, -0.1) is 0 Å². The van der Waals surface area contributed by atoms with Crippen LogP contribution in [0.15, 0.2) is 0 Å². The highest BCUT2D eigenvalue weighted by Crippen LogP contribution is 2.53. The molecule has 2 atom stereocenters. The monoisotopic (exact) mass is 200 g/mol. The van der Waals surface area contributed by atoms with Gasteiger partial charge in [-0.25, -0.2) is 4.79 Å². The summed E-state index contributed by atoms with van der Waals surface area (Å²) in [6.07, 6.45) is 1.20. The quantitative estimate of drug-likeness (QED) is 0.644. The molecule has 5 nitrogen and oxygen atoms in total. The fourth-order valence-electron chi connectivity index (χ4n) is 2.38. The minimum absolute atomic E-state index is 0.173. The van der Waals surface area contributed by atoms with Gasteiger partial charge in [-0.1, -0.05) is 0 Å². The zero-order valence-corrected chi connectivity index (χ0v) is 7.91. The van der Waals surface area contributed by atoms with Crippen LogP contribution in [0.5, 0.6) is 0 Å². The van der Waals surface area contributed by atoms with E-state index in [0.717, 1.165) is 0 Å². The number of fused-ring (bicyclic) bond motifs is 2. The summed E-state index contributed by atoms with van der Waals surface area (Å²) < 4.78 is 9.89. The van der Waals surface area contributed by atoms with Crippen LogP contribution < -0.4 is 0 Å². The summed E-state index contributed by atoms with van der Waals surface area (Å²) in [5, 5.41) is 8.98. The van der Waals surface area contributed by atoms with Crippen LogP contribution in [0.4, 0.5) is 0 Å². The third kappa shape index (κ3) is 0.987. The van der Waals surface area contributed by atoms with Gasteiger partial charge in [0.2, 0.25) is 0 Å². The lowest BCUT2D eigenvalue weighted by molar-refractivity contribution is -0.164. The van der Waals surface area contributed by atoms with Crippen molar-refractivity contribution in [2.45, 2.75) is 24.9 Å². The summed E-state index contributed by atoms with van der Waals surface area (Å²) in [5.41, 5.74) is -1.83. The number of hydrogen-bond donors (Lipinski definition) is 1. The molecule has 0 aromatic carbocycles. The Bertz CT molecular complexity index is 288. The van der Waals surface area contributed by atoms with Crippen molar-refractivity contribution < 1.29 is 24.2 Å². The lowest BCUT2D eigenvalue weighted by atomic mass is 9.88. The first-order chi connectivity index (χ1) is 6.55. The molecule has 1 aliphatic carbocycles. The average Bonchev–Trinajstić information content (AvgIpc) is 2.74. The number of esters is 1. The summed E-state index contributed by atoms with van der Waals surface area (Å²) in [6, 6.07) is 0. The number of rotatable bonds is 2. The van der Waals surface area contributed by atoms with E-state index >= 15 is 0 Å². The molecule has 1 saturated heterocycles. The first-order valence-corrected chi connectivity index (χ1v) is 4.50. The highest BCUT2D eigenvalue weighted by Gasteiger charge is 2.63. The zero-order chi connectivity index (χ0) is 10.4. The minimum Gasteiger partial charge on any atom is -0.479 e. The van der Waals surface area contributed by atoms with E-state index in [9.17, 15) is 9.59 Å². The molecule has 1 N–H and O–H groups in total. The SMILES string of the molecule is COC(=O)C12CCC(C(=O)O)(C1)OC2. The third-order valence-corrected chi connectivity index (χ3v) is 3.26. The largest absolute Gasteiger partial charge is 0.479 e. The molecule has 2 aliphatic rings. The molecule has 0 aromatic rings. The number of methoxy groups -OCH3 is 1. The predicted molar refractivity (Wildman–Crippen MR) is 44.6 cm³/mol. The van der Waals surface area contributed by atoms with Gasteiger partial charge in [0.15, 0.2) is 5.60 Å². The standard InChI is InChI=1S/C9H12O5/c1-13-7(12)8-2-3-9(4-8,6(10)11)14-5-8/h2-5H2,1H3,(H,10,11). The van der Waals surface area contributed by atoms with Gasteiger partial charge >= 0.3 is 11.9 Å². The van der Waals surface area contributed by atoms with Gasteiger partial charge in [0, 0.05) is 6.42 Å². The molecular weight excluding hydrogens is 188 g/mol. The molecule has 2 fully saturated rings. The first-order valence-electron chi connectivity index (χ1n) is 4.50. The number of carbonyl (C=O) groups excluding carboxylic acids is 1. The number of hydrogen-bond acceptors (Lipinski definition) is 4. The van der Waals surface area contributed by atoms with E-state index in [0.29, 0.717) is 12.8 Å². The number of ether oxygens (including phenoxy) is 2. The van der Waals surface area contributed by atoms with Gasteiger partial charge in [0.1, 0.15) is 0 Å². The Balaban J connectivity index is 2.24. The fourth-order valence-corrected chi connectivity index (χ4v) is 2.38. The summed E-state index contributed by atoms with van der Waals surface area (Å²) in [4.78, 5) is 22.4. The summed E-state index contributed by atoms with van der Waals surface area (Å²) in [5.74, 6) is -1.32. The molecule has 1 saturated carbocycles. The Morgan fingerprint density at radius 2 is 2.14 bits per heavy atom. The second kappa shape index (κ2) is 2.70. The Morgan fingerprint density at radius 1 is 1.43 bits per heavy atom. The first kappa shape index (κ1) is 9.45. The molecule has 0 amide bonds. The highest BCUT2D eigenvalue weighted by molar-refractivity contribution is 5.85. The molecule has 1 heterocycles. The Hall–Kier alpha value is -1.10. The van der Waals surface area contributed by atoms with E-state index in [4.69, 9.17) is 9.84 Å². The zero-order valence-electron chi connectivity index (χ0n) is 7.91. The van der Waals surface area contributed by atoms with E-state index in [1.54, 1.807) is 0 Å². The Labute approximate surface area is 81.0 Å². The number of aliphatic carboxylic acids is 1. The molecule has 2 bridgehead atoms. The van der Waals surface area contributed by atoms with Gasteiger partial charge in [0.05, 0.1) is 19.1 Å². The summed E-state index contributed by atoms with van der Waals surface area (Å²) in [6.45, 7) is 0.173. The van der Waals surface area contributed by atoms with Crippen LogP contribution in [-0.2, 0) is 19.1 Å². The number of carbonyl (C=O) groups is 2. The molecule has 2 unspecified atom stereocenters. The van der Waals surface area contributed by atoms with Crippen LogP contribution in [0.2, 0.25) is 0 Å². The lowest BCUT2D eigenvalue weighted by Crippen LogP contribution is -2.36. The lowest BCUT2D eigenvalue weighted by Gasteiger charge is -2.23. The van der Waals surface area contributed by atoms with Gasteiger partial charge in [-0.2, -0.15) is 0 Å². The average molecular weight is 200 g/mol. The normalized spacial score (nSPS) is 39.8. The maximum absolute atomic E-state index is 11.5. The molecule has 78 valence electrons. The topological polar surface area (TPSA) is 72.8 Å². The Kier molecular flexibility index (Phi) is 1.82. The van der Waals surface area contributed by atoms with E-state index in [-0.39, 0.29) is 19.0 Å². The molecule has 1 aliphatic heterocycles. The number of carboxylic acids is 1. The van der Waals surface area contributed by atoms with E-state index < -0.39 is 17.0 Å². The third-order valence-electron chi connectivity index (χ3n) is 3.26. The Morgan fingerprint density at radius 3 is 2.50 bits per heavy atom. The molecule has 2 rings (SSSR count). The van der Waals surface area contributed by atoms with E-state index in [1.165, 1.54) is 7.11 Å². The van der Waals surface area contributed by atoms with Crippen molar-refractivity contribution in [3.63, 3.8) is 0 Å². The van der Waals surface area contributed by atoms with Crippen LogP contribution in [0.1, 0.15) is 19.3 Å². The van der Waals surface area contributed by atoms with Gasteiger partial charge in [-0.05, 0) is 12.8 Å². The van der Waals surface area contributed by atoms with Crippen LogP contribution in [-0.4, -0.2) is 36.4 Å². The van der Waals surface area contributed by atoms with Gasteiger partial charge in [-0.3, -0.25) is 4.79 Å². The molecule has 0 spiro atoms. The van der Waals surface area contributed by atoms with Crippen molar-refractivity contribution in [1.29, 1.82) is 0 Å². The fraction of sp³-hybridized carbons (Fsp3) is 0.778. The molecular formula is C9H12O5. The van der Waals surface area contributed by atoms with Crippen LogP contribution in [0, 0.1) is 5.41 Å². The smallest absolute Gasteiger partial charge is 0.336 e. The summed E-state index contributed by atoms with van der Waals surface area (Å²) >= 11 is 0. The van der Waals surface area contributed by atoms with Crippen molar-refractivity contribution in [3.05, 3.63) is 0 Å². The van der Waals surface area contributed by atoms with Gasteiger partial charge < -0.3 is 14.6 Å². The summed E-state index contributed by atoms with van der Waals surface area (Å²) in [7, 11) is 1.32. The molecule has 0 aromatic heterocycles. The predicted octanol–water partition coefficient (Wildman–Crippen LogP) is 0.183. The van der Waals surface area contributed by atoms with Crippen LogP contribution in [0.25, 0.3) is 0 Å². The highest BCUT2D eigenvalue weighted by atomic mass is 16.6. The second-order valence-corrected chi connectivity index (χ2v) is 4.04. The molecule has 5 heteroatoms. The van der Waals surface area contributed by atoms with Gasteiger partial charge in [0.25, 0.3) is 0 Å². The van der Waals surface area contributed by atoms with Crippen molar-refractivity contribution >= 4 is 11.9 Å². The second-order valence-electron chi connectivity index (χ2n) is 4.04.